The first-order valence-corrected chi connectivity index (χ1v) is 14.1. The molecule has 14 heteroatoms. The summed E-state index contributed by atoms with van der Waals surface area (Å²) in [6.07, 6.45) is 0.694. The highest BCUT2D eigenvalue weighted by Gasteiger charge is 2.50. The first-order valence-electron chi connectivity index (χ1n) is 14.1. The Morgan fingerprint density at radius 2 is 1.86 bits per heavy atom. The van der Waals surface area contributed by atoms with Gasteiger partial charge in [0.15, 0.2) is 0 Å². The molecule has 1 saturated heterocycles. The molecule has 4 amide bonds. The molecule has 0 radical (unpaired) electrons. The molecule has 3 atom stereocenters. The second kappa shape index (κ2) is 11.9. The van der Waals surface area contributed by atoms with E-state index < -0.39 is 54.5 Å². The van der Waals surface area contributed by atoms with E-state index in [0.29, 0.717) is 24.1 Å². The lowest BCUT2D eigenvalue weighted by atomic mass is 9.88. The Balaban J connectivity index is 1.35. The highest BCUT2D eigenvalue weighted by atomic mass is 19.4. The lowest BCUT2D eigenvalue weighted by molar-refractivity contribution is -0.150. The van der Waals surface area contributed by atoms with Crippen molar-refractivity contribution < 1.29 is 36.7 Å². The summed E-state index contributed by atoms with van der Waals surface area (Å²) in [4.78, 5) is 40.1. The predicted octanol–water partition coefficient (Wildman–Crippen LogP) is 3.86. The van der Waals surface area contributed by atoms with Gasteiger partial charge in [-0.25, -0.2) is 9.18 Å². The maximum absolute atomic E-state index is 15.4. The average Bonchev–Trinajstić information content (AvgIpc) is 3.87. The van der Waals surface area contributed by atoms with Gasteiger partial charge in [0, 0.05) is 19.9 Å². The number of aryl methyl sites for hydroxylation is 1. The largest absolute Gasteiger partial charge is 0.410 e. The number of halogens is 4. The van der Waals surface area contributed by atoms with Crippen molar-refractivity contribution in [2.75, 3.05) is 25.6 Å². The quantitative estimate of drug-likeness (QED) is 0.323. The Kier molecular flexibility index (Phi) is 8.44. The smallest absolute Gasteiger partial charge is 0.382 e. The van der Waals surface area contributed by atoms with Crippen LogP contribution in [0.4, 0.5) is 28.0 Å². The molecule has 0 unspecified atom stereocenters. The fourth-order valence-electron chi connectivity index (χ4n) is 5.81. The Bertz CT molecular complexity index is 1310. The van der Waals surface area contributed by atoms with Gasteiger partial charge in [-0.3, -0.25) is 14.3 Å². The van der Waals surface area contributed by atoms with Crippen molar-refractivity contribution in [3.63, 3.8) is 0 Å². The fraction of sp³-hybridized carbons (Fsp3) is 0.571. The zero-order valence-corrected chi connectivity index (χ0v) is 23.3. The minimum absolute atomic E-state index is 0.0874. The maximum Gasteiger partial charge on any atom is 0.410 e. The van der Waals surface area contributed by atoms with Crippen LogP contribution in [0.3, 0.4) is 0 Å². The predicted molar refractivity (Wildman–Crippen MR) is 143 cm³/mol. The third-order valence-corrected chi connectivity index (χ3v) is 8.20. The summed E-state index contributed by atoms with van der Waals surface area (Å²) in [6.45, 7) is 1.49. The van der Waals surface area contributed by atoms with Crippen LogP contribution in [0.2, 0.25) is 0 Å². The first kappa shape index (κ1) is 29.8. The summed E-state index contributed by atoms with van der Waals surface area (Å²) >= 11 is 0. The van der Waals surface area contributed by atoms with Crippen molar-refractivity contribution in [2.45, 2.75) is 63.5 Å². The van der Waals surface area contributed by atoms with Crippen molar-refractivity contribution >= 4 is 23.5 Å². The van der Waals surface area contributed by atoms with Crippen LogP contribution in [0.15, 0.2) is 30.5 Å². The van der Waals surface area contributed by atoms with E-state index in [4.69, 9.17) is 4.74 Å². The van der Waals surface area contributed by atoms with Gasteiger partial charge in [-0.15, -0.1) is 0 Å². The number of methoxy groups -OCH3 is 1. The van der Waals surface area contributed by atoms with Gasteiger partial charge in [-0.05, 0) is 74.1 Å². The van der Waals surface area contributed by atoms with Crippen LogP contribution in [-0.4, -0.2) is 71.0 Å². The summed E-state index contributed by atoms with van der Waals surface area (Å²) in [7, 11) is 1.32. The molecule has 1 aromatic heterocycles. The molecule has 3 fully saturated rings. The number of carbonyl (C=O) groups excluding carboxylic acids is 3. The van der Waals surface area contributed by atoms with Crippen LogP contribution in [0, 0.1) is 23.6 Å². The average molecular weight is 595 g/mol. The molecule has 2 aromatic rings. The van der Waals surface area contributed by atoms with Gasteiger partial charge in [-0.1, -0.05) is 6.07 Å². The Morgan fingerprint density at radius 3 is 2.40 bits per heavy atom. The summed E-state index contributed by atoms with van der Waals surface area (Å²) in [5.41, 5.74) is 0.373. The van der Waals surface area contributed by atoms with Gasteiger partial charge >= 0.3 is 12.2 Å². The molecule has 2 heterocycles. The molecule has 0 spiro atoms. The van der Waals surface area contributed by atoms with Crippen molar-refractivity contribution in [1.29, 1.82) is 0 Å². The number of benzene rings is 1. The van der Waals surface area contributed by atoms with Crippen LogP contribution in [0.1, 0.15) is 54.7 Å². The lowest BCUT2D eigenvalue weighted by Crippen LogP contribution is -2.50. The van der Waals surface area contributed by atoms with Crippen molar-refractivity contribution in [1.82, 2.24) is 25.3 Å². The number of hydrogen-bond acceptors (Lipinski definition) is 5. The van der Waals surface area contributed by atoms with Crippen LogP contribution in [-0.2, 0) is 16.1 Å². The molecular formula is C28H34F4N6O4. The normalized spacial score (nSPS) is 20.4. The van der Waals surface area contributed by atoms with Gasteiger partial charge in [0.1, 0.15) is 23.6 Å². The van der Waals surface area contributed by atoms with E-state index in [9.17, 15) is 27.6 Å². The van der Waals surface area contributed by atoms with Crippen molar-refractivity contribution in [2.24, 2.45) is 17.8 Å². The van der Waals surface area contributed by atoms with E-state index >= 15 is 4.39 Å². The number of rotatable bonds is 12. The number of hydrogen-bond donors (Lipinski definition) is 3. The summed E-state index contributed by atoms with van der Waals surface area (Å²) in [5.74, 6) is -1.34. The number of alkyl halides is 3. The molecule has 2 saturated carbocycles. The van der Waals surface area contributed by atoms with Crippen molar-refractivity contribution in [3.05, 3.63) is 47.5 Å². The standard InChI is InChI=1S/C28H34F4N6O4/c1-3-38-20(10-11-33-38)25(39)36-24(23(15-4-5-15)16-6-7-16)26(40)34-19-9-8-17(12-18(19)29)21(14-42-2)37-13-22(28(30,31)32)35-27(37)41/h8-12,15-16,21-24H,3-7,13-14H2,1-2H3,(H,34,40)(H,35,41)(H,36,39)/t21-,22-,24-/m0/s1. The Hall–Kier alpha value is -3.68. The number of urea groups is 1. The number of nitrogens with zero attached hydrogens (tertiary/aromatic N) is 3. The second-order valence-corrected chi connectivity index (χ2v) is 11.1. The highest BCUT2D eigenvalue weighted by Crippen LogP contribution is 2.51. The van der Waals surface area contributed by atoms with E-state index in [1.807, 2.05) is 12.2 Å². The third-order valence-electron chi connectivity index (χ3n) is 8.20. The lowest BCUT2D eigenvalue weighted by Gasteiger charge is -2.28. The number of aromatic nitrogens is 2. The Morgan fingerprint density at radius 1 is 1.17 bits per heavy atom. The summed E-state index contributed by atoms with van der Waals surface area (Å²) in [6, 6.07) is 0.492. The highest BCUT2D eigenvalue weighted by molar-refractivity contribution is 6.00. The van der Waals surface area contributed by atoms with Gasteiger partial charge in [0.05, 0.1) is 24.9 Å². The van der Waals surface area contributed by atoms with Gasteiger partial charge in [0.2, 0.25) is 5.91 Å². The van der Waals surface area contributed by atoms with Crippen LogP contribution >= 0.6 is 0 Å². The fourth-order valence-corrected chi connectivity index (χ4v) is 5.81. The molecule has 3 aliphatic rings. The van der Waals surface area contributed by atoms with E-state index in [0.717, 1.165) is 36.6 Å². The molecule has 1 aliphatic heterocycles. The SMILES string of the molecule is CCn1nccc1C(=O)N[C@H](C(=O)Nc1ccc([C@H](COC)N2C[C@@H](C(F)(F)F)NC2=O)cc1F)C(C1CC1)C1CC1. The van der Waals surface area contributed by atoms with E-state index in [-0.39, 0.29) is 23.8 Å². The van der Waals surface area contributed by atoms with Crippen LogP contribution in [0.5, 0.6) is 0 Å². The molecule has 10 nitrogen and oxygen atoms in total. The minimum atomic E-state index is -4.64. The maximum atomic E-state index is 15.4. The van der Waals surface area contributed by atoms with Gasteiger partial charge < -0.3 is 25.6 Å². The van der Waals surface area contributed by atoms with Gasteiger partial charge in [0.25, 0.3) is 5.91 Å². The zero-order valence-electron chi connectivity index (χ0n) is 23.3. The first-order chi connectivity index (χ1) is 20.0. The van der Waals surface area contributed by atoms with Crippen molar-refractivity contribution in [3.8, 4) is 0 Å². The molecule has 3 N–H and O–H groups in total. The second-order valence-electron chi connectivity index (χ2n) is 11.1. The van der Waals surface area contributed by atoms with E-state index in [1.165, 1.54) is 30.1 Å². The monoisotopic (exact) mass is 594 g/mol. The molecule has 1 aromatic carbocycles. The number of anilines is 1. The topological polar surface area (TPSA) is 118 Å². The minimum Gasteiger partial charge on any atom is -0.382 e. The number of nitrogens with one attached hydrogen (secondary N) is 3. The molecule has 2 aliphatic carbocycles. The van der Waals surface area contributed by atoms with E-state index in [1.54, 1.807) is 6.07 Å². The third kappa shape index (κ3) is 6.37. The Labute approximate surface area is 240 Å². The molecule has 228 valence electrons. The van der Waals surface area contributed by atoms with Crippen LogP contribution in [0.25, 0.3) is 0 Å². The molecular weight excluding hydrogens is 560 g/mol. The zero-order chi connectivity index (χ0) is 30.2. The molecule has 5 rings (SSSR count). The summed E-state index contributed by atoms with van der Waals surface area (Å²) < 4.78 is 61.7. The van der Waals surface area contributed by atoms with E-state index in [2.05, 4.69) is 15.7 Å². The van der Waals surface area contributed by atoms with Gasteiger partial charge in [-0.2, -0.15) is 18.3 Å². The number of ether oxygens (including phenoxy) is 1. The van der Waals surface area contributed by atoms with Crippen LogP contribution < -0.4 is 16.0 Å². The molecule has 42 heavy (non-hydrogen) atoms. The number of amides is 4. The molecule has 0 bridgehead atoms. The summed E-state index contributed by atoms with van der Waals surface area (Å²) in [5, 5.41) is 11.5. The number of carbonyl (C=O) groups is 3.